The second kappa shape index (κ2) is 9.01. The van der Waals surface area contributed by atoms with Crippen molar-refractivity contribution in [3.63, 3.8) is 0 Å². The molecule has 28 heavy (non-hydrogen) atoms. The summed E-state index contributed by atoms with van der Waals surface area (Å²) in [6.07, 6.45) is 5.01. The number of para-hydroxylation sites is 1. The maximum atomic E-state index is 12.8. The van der Waals surface area contributed by atoms with E-state index in [2.05, 4.69) is 0 Å². The van der Waals surface area contributed by atoms with Crippen LogP contribution in [0.4, 0.5) is 4.79 Å². The number of ether oxygens (including phenoxy) is 1. The van der Waals surface area contributed by atoms with Crippen LogP contribution < -0.4 is 4.74 Å². The Morgan fingerprint density at radius 1 is 1.04 bits per heavy atom. The van der Waals surface area contributed by atoms with Crippen LogP contribution in [0.15, 0.2) is 84.7 Å². The topological polar surface area (TPSA) is 59.1 Å². The molecule has 1 atom stereocenters. The fourth-order valence-corrected chi connectivity index (χ4v) is 2.87. The van der Waals surface area contributed by atoms with Gasteiger partial charge in [-0.25, -0.2) is 9.86 Å². The highest BCUT2D eigenvalue weighted by Gasteiger charge is 2.28. The van der Waals surface area contributed by atoms with Crippen LogP contribution >= 0.6 is 0 Å². The summed E-state index contributed by atoms with van der Waals surface area (Å²) in [5.74, 6) is -0.0684. The first kappa shape index (κ1) is 19.4. The molecular weight excluding hydrogens is 356 g/mol. The third-order valence-corrected chi connectivity index (χ3v) is 4.42. The van der Waals surface area contributed by atoms with E-state index in [1.807, 2.05) is 42.5 Å². The van der Waals surface area contributed by atoms with E-state index in [-0.39, 0.29) is 11.8 Å². The van der Waals surface area contributed by atoms with E-state index in [4.69, 9.17) is 9.57 Å². The molecule has 1 heterocycles. The Bertz CT molecular complexity index is 878. The predicted octanol–water partition coefficient (Wildman–Crippen LogP) is 3.78. The third kappa shape index (κ3) is 4.66. The Kier molecular flexibility index (Phi) is 6.24. The number of hydrogen-bond acceptors (Lipinski definition) is 4. The summed E-state index contributed by atoms with van der Waals surface area (Å²) in [6, 6.07) is 18.7. The Hall–Kier alpha value is -3.38. The second-order valence-corrected chi connectivity index (χ2v) is 6.30. The summed E-state index contributed by atoms with van der Waals surface area (Å²) in [6.45, 7) is 0. The minimum atomic E-state index is -0.592. The summed E-state index contributed by atoms with van der Waals surface area (Å²) in [4.78, 5) is 31.6. The molecule has 0 fully saturated rings. The van der Waals surface area contributed by atoms with Crippen molar-refractivity contribution in [3.8, 4) is 5.75 Å². The quantitative estimate of drug-likeness (QED) is 0.743. The van der Waals surface area contributed by atoms with Gasteiger partial charge in [-0.05, 0) is 24.1 Å². The van der Waals surface area contributed by atoms with Gasteiger partial charge >= 0.3 is 6.09 Å². The standard InChI is InChI=1S/C22H22N2O4/c1-23(27-2)21(25)20-16-24(22(26)28-19-11-7-4-8-12-19)14-13-18(20)15-17-9-5-3-6-10-17/h3-14,16,18H,15H2,1-2H3. The molecule has 0 spiro atoms. The molecule has 0 bridgehead atoms. The van der Waals surface area contributed by atoms with Crippen LogP contribution in [0.25, 0.3) is 0 Å². The van der Waals surface area contributed by atoms with Gasteiger partial charge in [0.1, 0.15) is 5.75 Å². The first-order chi connectivity index (χ1) is 13.6. The monoisotopic (exact) mass is 378 g/mol. The molecule has 2 amide bonds. The molecule has 0 aromatic heterocycles. The number of rotatable bonds is 5. The van der Waals surface area contributed by atoms with Gasteiger partial charge in [-0.1, -0.05) is 54.6 Å². The molecule has 2 aromatic rings. The number of carbonyl (C=O) groups excluding carboxylic acids is 2. The summed E-state index contributed by atoms with van der Waals surface area (Å²) < 4.78 is 5.36. The zero-order valence-electron chi connectivity index (χ0n) is 15.8. The number of hydrogen-bond donors (Lipinski definition) is 0. The number of amides is 2. The number of benzene rings is 2. The lowest BCUT2D eigenvalue weighted by Crippen LogP contribution is -2.35. The van der Waals surface area contributed by atoms with Gasteiger partial charge < -0.3 is 4.74 Å². The molecule has 0 aliphatic carbocycles. The van der Waals surface area contributed by atoms with E-state index in [0.717, 1.165) is 10.6 Å². The van der Waals surface area contributed by atoms with Gasteiger partial charge in [-0.15, -0.1) is 0 Å². The molecule has 6 heteroatoms. The third-order valence-electron chi connectivity index (χ3n) is 4.42. The Morgan fingerprint density at radius 3 is 2.32 bits per heavy atom. The molecule has 0 saturated heterocycles. The summed E-state index contributed by atoms with van der Waals surface area (Å²) in [7, 11) is 2.96. The predicted molar refractivity (Wildman–Crippen MR) is 105 cm³/mol. The summed E-state index contributed by atoms with van der Waals surface area (Å²) in [5, 5.41) is 1.14. The normalized spacial score (nSPS) is 15.7. The number of hydroxylamine groups is 2. The van der Waals surface area contributed by atoms with Crippen LogP contribution in [-0.4, -0.2) is 36.1 Å². The Morgan fingerprint density at radius 2 is 1.68 bits per heavy atom. The van der Waals surface area contributed by atoms with Crippen molar-refractivity contribution in [2.75, 3.05) is 14.2 Å². The molecule has 0 radical (unpaired) electrons. The van der Waals surface area contributed by atoms with E-state index < -0.39 is 6.09 Å². The smallest absolute Gasteiger partial charge is 0.410 e. The van der Waals surface area contributed by atoms with Crippen molar-refractivity contribution in [1.29, 1.82) is 0 Å². The van der Waals surface area contributed by atoms with E-state index in [0.29, 0.717) is 17.7 Å². The lowest BCUT2D eigenvalue weighted by Gasteiger charge is -2.27. The van der Waals surface area contributed by atoms with E-state index >= 15 is 0 Å². The van der Waals surface area contributed by atoms with Crippen molar-refractivity contribution in [2.24, 2.45) is 5.92 Å². The fourth-order valence-electron chi connectivity index (χ4n) is 2.87. The van der Waals surface area contributed by atoms with Gasteiger partial charge in [0.2, 0.25) is 0 Å². The van der Waals surface area contributed by atoms with E-state index in [1.165, 1.54) is 25.3 Å². The number of carbonyl (C=O) groups is 2. The van der Waals surface area contributed by atoms with E-state index in [9.17, 15) is 9.59 Å². The molecule has 2 aromatic carbocycles. The summed E-state index contributed by atoms with van der Waals surface area (Å²) >= 11 is 0. The largest absolute Gasteiger partial charge is 0.423 e. The fraction of sp³-hybridized carbons (Fsp3) is 0.182. The zero-order chi connectivity index (χ0) is 19.9. The van der Waals surface area contributed by atoms with Crippen LogP contribution in [0.3, 0.4) is 0 Å². The van der Waals surface area contributed by atoms with Gasteiger partial charge in [-0.3, -0.25) is 14.5 Å². The molecule has 144 valence electrons. The molecule has 6 nitrogen and oxygen atoms in total. The van der Waals surface area contributed by atoms with Gasteiger partial charge in [-0.2, -0.15) is 0 Å². The van der Waals surface area contributed by atoms with Crippen molar-refractivity contribution >= 4 is 12.0 Å². The van der Waals surface area contributed by atoms with Crippen LogP contribution in [0.2, 0.25) is 0 Å². The average molecular weight is 378 g/mol. The van der Waals surface area contributed by atoms with Gasteiger partial charge in [0.25, 0.3) is 5.91 Å². The zero-order valence-corrected chi connectivity index (χ0v) is 15.8. The van der Waals surface area contributed by atoms with E-state index in [1.54, 1.807) is 30.5 Å². The van der Waals surface area contributed by atoms with Crippen LogP contribution in [0.1, 0.15) is 5.56 Å². The lowest BCUT2D eigenvalue weighted by atomic mass is 9.90. The Labute approximate surface area is 164 Å². The minimum absolute atomic E-state index is 0.187. The van der Waals surface area contributed by atoms with Crippen molar-refractivity contribution in [2.45, 2.75) is 6.42 Å². The summed E-state index contributed by atoms with van der Waals surface area (Å²) in [5.41, 5.74) is 1.54. The molecular formula is C22H22N2O4. The average Bonchev–Trinajstić information content (AvgIpc) is 2.74. The molecule has 3 rings (SSSR count). The first-order valence-corrected chi connectivity index (χ1v) is 8.90. The maximum absolute atomic E-state index is 12.8. The second-order valence-electron chi connectivity index (χ2n) is 6.30. The number of allylic oxidation sites excluding steroid dienone is 1. The number of likely N-dealkylation sites (N-methyl/N-ethyl adjacent to an activating group) is 1. The highest BCUT2D eigenvalue weighted by Crippen LogP contribution is 2.26. The highest BCUT2D eigenvalue weighted by atomic mass is 16.7. The van der Waals surface area contributed by atoms with Gasteiger partial charge in [0, 0.05) is 30.9 Å². The molecule has 0 saturated carbocycles. The molecule has 1 unspecified atom stereocenters. The molecule has 0 N–H and O–H groups in total. The molecule has 1 aliphatic rings. The maximum Gasteiger partial charge on any atom is 0.423 e. The van der Waals surface area contributed by atoms with Crippen molar-refractivity contribution in [3.05, 3.63) is 90.3 Å². The first-order valence-electron chi connectivity index (χ1n) is 8.90. The van der Waals surface area contributed by atoms with Crippen molar-refractivity contribution in [1.82, 2.24) is 9.96 Å². The van der Waals surface area contributed by atoms with Gasteiger partial charge in [0.05, 0.1) is 7.11 Å². The van der Waals surface area contributed by atoms with Crippen LogP contribution in [0.5, 0.6) is 5.75 Å². The van der Waals surface area contributed by atoms with Crippen LogP contribution in [0, 0.1) is 5.92 Å². The van der Waals surface area contributed by atoms with Gasteiger partial charge in [0.15, 0.2) is 0 Å². The van der Waals surface area contributed by atoms with Crippen molar-refractivity contribution < 1.29 is 19.2 Å². The Balaban J connectivity index is 1.82. The molecule has 1 aliphatic heterocycles. The lowest BCUT2D eigenvalue weighted by molar-refractivity contribution is -0.164. The SMILES string of the molecule is CON(C)C(=O)C1=CN(C(=O)Oc2ccccc2)C=CC1Cc1ccccc1. The highest BCUT2D eigenvalue weighted by molar-refractivity contribution is 5.94. The minimum Gasteiger partial charge on any atom is -0.410 e. The number of nitrogens with zero attached hydrogens (tertiary/aromatic N) is 2. The van der Waals surface area contributed by atoms with Crippen LogP contribution in [-0.2, 0) is 16.1 Å².